The van der Waals surface area contributed by atoms with E-state index in [-0.39, 0.29) is 5.63 Å². The number of rotatable bonds is 1. The summed E-state index contributed by atoms with van der Waals surface area (Å²) in [6, 6.07) is 7.28. The van der Waals surface area contributed by atoms with Crippen LogP contribution >= 0.6 is 0 Å². The van der Waals surface area contributed by atoms with E-state index in [1.54, 1.807) is 12.1 Å². The van der Waals surface area contributed by atoms with E-state index in [2.05, 4.69) is 6.58 Å². The first kappa shape index (κ1) is 10.8. The molecule has 0 amide bonds. The Bertz CT molecular complexity index is 834. The van der Waals surface area contributed by atoms with Crippen molar-refractivity contribution in [3.05, 3.63) is 52.6 Å². The van der Waals surface area contributed by atoms with Crippen molar-refractivity contribution in [2.75, 3.05) is 0 Å². The Morgan fingerprint density at radius 1 is 1.28 bits per heavy atom. The van der Waals surface area contributed by atoms with E-state index >= 15 is 0 Å². The summed E-state index contributed by atoms with van der Waals surface area (Å²) in [6.45, 7) is 7.63. The molecule has 2 heterocycles. The Morgan fingerprint density at radius 3 is 2.78 bits per heavy atom. The van der Waals surface area contributed by atoms with Crippen LogP contribution in [0.4, 0.5) is 0 Å². The van der Waals surface area contributed by atoms with Gasteiger partial charge in [-0.2, -0.15) is 0 Å². The topological polar surface area (TPSA) is 43.4 Å². The monoisotopic (exact) mass is 240 g/mol. The van der Waals surface area contributed by atoms with Gasteiger partial charge in [-0.15, -0.1) is 0 Å². The van der Waals surface area contributed by atoms with Crippen molar-refractivity contribution in [3.8, 4) is 0 Å². The lowest BCUT2D eigenvalue weighted by Gasteiger charge is -2.00. The zero-order valence-electron chi connectivity index (χ0n) is 10.2. The van der Waals surface area contributed by atoms with E-state index in [1.807, 2.05) is 26.0 Å². The maximum absolute atomic E-state index is 11.9. The van der Waals surface area contributed by atoms with Gasteiger partial charge >= 0.3 is 5.63 Å². The molecule has 3 aromatic rings. The van der Waals surface area contributed by atoms with Crippen LogP contribution in [0, 0.1) is 6.92 Å². The first-order chi connectivity index (χ1) is 8.58. The normalized spacial score (nSPS) is 11.2. The molecule has 3 heteroatoms. The van der Waals surface area contributed by atoms with Crippen LogP contribution in [0.3, 0.4) is 0 Å². The second-order valence-corrected chi connectivity index (χ2v) is 4.47. The maximum atomic E-state index is 11.9. The van der Waals surface area contributed by atoms with Gasteiger partial charge in [-0.1, -0.05) is 18.7 Å². The summed E-state index contributed by atoms with van der Waals surface area (Å²) in [4.78, 5) is 11.9. The van der Waals surface area contributed by atoms with Gasteiger partial charge in [0.1, 0.15) is 16.7 Å². The first-order valence-corrected chi connectivity index (χ1v) is 5.70. The van der Waals surface area contributed by atoms with Crippen LogP contribution in [0.25, 0.3) is 27.5 Å². The van der Waals surface area contributed by atoms with Crippen molar-refractivity contribution >= 4 is 27.5 Å². The number of hydrogen-bond acceptors (Lipinski definition) is 3. The summed E-state index contributed by atoms with van der Waals surface area (Å²) in [5.41, 5.74) is 2.56. The molecule has 18 heavy (non-hydrogen) atoms. The molecule has 0 atom stereocenters. The van der Waals surface area contributed by atoms with Gasteiger partial charge in [-0.05, 0) is 37.1 Å². The molecular weight excluding hydrogens is 228 g/mol. The van der Waals surface area contributed by atoms with Crippen molar-refractivity contribution in [1.82, 2.24) is 0 Å². The molecule has 0 aliphatic heterocycles. The smallest absolute Gasteiger partial charge is 0.347 e. The van der Waals surface area contributed by atoms with Crippen LogP contribution in [-0.2, 0) is 0 Å². The number of aryl methyl sites for hydroxylation is 1. The molecule has 2 aromatic heterocycles. The van der Waals surface area contributed by atoms with Crippen LogP contribution in [-0.4, -0.2) is 0 Å². The fourth-order valence-corrected chi connectivity index (χ4v) is 2.11. The second kappa shape index (κ2) is 3.60. The van der Waals surface area contributed by atoms with Crippen LogP contribution in [0.2, 0.25) is 0 Å². The molecule has 0 aliphatic carbocycles. The van der Waals surface area contributed by atoms with Crippen molar-refractivity contribution in [3.63, 3.8) is 0 Å². The van der Waals surface area contributed by atoms with Crippen molar-refractivity contribution in [2.24, 2.45) is 0 Å². The Morgan fingerprint density at radius 2 is 2.06 bits per heavy atom. The minimum atomic E-state index is -0.376. The van der Waals surface area contributed by atoms with Crippen molar-refractivity contribution in [1.29, 1.82) is 0 Å². The molecular formula is C15H12O3. The van der Waals surface area contributed by atoms with E-state index in [4.69, 9.17) is 8.83 Å². The third-order valence-electron chi connectivity index (χ3n) is 3.04. The largest absolute Gasteiger partial charge is 0.455 e. The molecule has 0 saturated heterocycles. The minimum absolute atomic E-state index is 0.376. The second-order valence-electron chi connectivity index (χ2n) is 4.47. The molecule has 0 unspecified atom stereocenters. The number of hydrogen-bond donors (Lipinski definition) is 0. The molecule has 3 nitrogen and oxygen atoms in total. The highest BCUT2D eigenvalue weighted by Crippen LogP contribution is 2.29. The van der Waals surface area contributed by atoms with Gasteiger partial charge in [0.25, 0.3) is 0 Å². The number of furan rings is 1. The van der Waals surface area contributed by atoms with Gasteiger partial charge < -0.3 is 8.83 Å². The molecule has 3 rings (SSSR count). The lowest BCUT2D eigenvalue weighted by molar-refractivity contribution is 0.563. The zero-order valence-corrected chi connectivity index (χ0v) is 10.2. The van der Waals surface area contributed by atoms with Gasteiger partial charge in [-0.3, -0.25) is 0 Å². The highest BCUT2D eigenvalue weighted by molar-refractivity contribution is 6.03. The lowest BCUT2D eigenvalue weighted by atomic mass is 10.1. The quantitative estimate of drug-likeness (QED) is 0.606. The van der Waals surface area contributed by atoms with Crippen LogP contribution < -0.4 is 5.63 Å². The van der Waals surface area contributed by atoms with Gasteiger partial charge in [-0.25, -0.2) is 4.79 Å². The van der Waals surface area contributed by atoms with Crippen molar-refractivity contribution in [2.45, 2.75) is 13.8 Å². The fraction of sp³-hybridized carbons (Fsp3) is 0.133. The first-order valence-electron chi connectivity index (χ1n) is 5.70. The SMILES string of the molecule is C=C(C)c1cc2c(=O)oc3cccc(C)c3c2o1. The standard InChI is InChI=1S/C15H12O3/c1-8(2)12-7-10-14(17-12)13-9(3)5-4-6-11(13)18-15(10)16/h4-7H,1H2,2-3H3. The van der Waals surface area contributed by atoms with Crippen LogP contribution in [0.5, 0.6) is 0 Å². The fourth-order valence-electron chi connectivity index (χ4n) is 2.11. The lowest BCUT2D eigenvalue weighted by Crippen LogP contribution is -1.98. The maximum Gasteiger partial charge on any atom is 0.347 e. The highest BCUT2D eigenvalue weighted by Gasteiger charge is 2.14. The average Bonchev–Trinajstić information content (AvgIpc) is 2.74. The summed E-state index contributed by atoms with van der Waals surface area (Å²) in [6.07, 6.45) is 0. The molecule has 1 aromatic carbocycles. The molecule has 0 bridgehead atoms. The Kier molecular flexibility index (Phi) is 2.17. The van der Waals surface area contributed by atoms with Crippen LogP contribution in [0.15, 0.2) is 44.5 Å². The third kappa shape index (κ3) is 1.40. The van der Waals surface area contributed by atoms with Gasteiger partial charge in [0.2, 0.25) is 0 Å². The van der Waals surface area contributed by atoms with Crippen LogP contribution in [0.1, 0.15) is 18.2 Å². The molecule has 0 fully saturated rings. The number of fused-ring (bicyclic) bond motifs is 3. The van der Waals surface area contributed by atoms with E-state index in [9.17, 15) is 4.79 Å². The zero-order chi connectivity index (χ0) is 12.9. The predicted octanol–water partition coefficient (Wildman–Crippen LogP) is 3.88. The minimum Gasteiger partial charge on any atom is -0.455 e. The number of benzene rings is 1. The summed E-state index contributed by atoms with van der Waals surface area (Å²) in [7, 11) is 0. The van der Waals surface area contributed by atoms with Gasteiger partial charge in [0.05, 0.1) is 5.39 Å². The number of allylic oxidation sites excluding steroid dienone is 1. The molecule has 0 radical (unpaired) electrons. The summed E-state index contributed by atoms with van der Waals surface area (Å²) in [5, 5.41) is 1.31. The van der Waals surface area contributed by atoms with E-state index < -0.39 is 0 Å². The Balaban J connectivity index is 2.60. The average molecular weight is 240 g/mol. The molecule has 0 saturated carbocycles. The summed E-state index contributed by atoms with van der Waals surface area (Å²) < 4.78 is 11.0. The predicted molar refractivity (Wildman–Crippen MR) is 71.7 cm³/mol. The molecule has 90 valence electrons. The van der Waals surface area contributed by atoms with E-state index in [0.29, 0.717) is 22.3 Å². The molecule has 0 spiro atoms. The van der Waals surface area contributed by atoms with E-state index in [1.165, 1.54) is 0 Å². The molecule has 0 N–H and O–H groups in total. The Labute approximate surface area is 103 Å². The van der Waals surface area contributed by atoms with E-state index in [0.717, 1.165) is 16.5 Å². The van der Waals surface area contributed by atoms with Crippen molar-refractivity contribution < 1.29 is 8.83 Å². The third-order valence-corrected chi connectivity index (χ3v) is 3.04. The van der Waals surface area contributed by atoms with Gasteiger partial charge in [0.15, 0.2) is 5.58 Å². The summed E-state index contributed by atoms with van der Waals surface area (Å²) in [5.74, 6) is 0.619. The summed E-state index contributed by atoms with van der Waals surface area (Å²) >= 11 is 0. The Hall–Kier alpha value is -2.29. The molecule has 0 aliphatic rings. The van der Waals surface area contributed by atoms with Gasteiger partial charge in [0, 0.05) is 0 Å². The highest BCUT2D eigenvalue weighted by atomic mass is 16.4.